The lowest BCUT2D eigenvalue weighted by molar-refractivity contribution is -0.147. The fraction of sp³-hybridized carbons (Fsp3) is 0.346. The van der Waals surface area contributed by atoms with E-state index in [1.54, 1.807) is 24.0 Å². The second kappa shape index (κ2) is 9.48. The van der Waals surface area contributed by atoms with Crippen LogP contribution in [0, 0.1) is 5.92 Å². The van der Waals surface area contributed by atoms with Crippen molar-refractivity contribution in [1.29, 1.82) is 0 Å². The molecule has 0 unspecified atom stereocenters. The number of carbonyl (C=O) groups excluding carboxylic acids is 1. The fourth-order valence-corrected chi connectivity index (χ4v) is 4.42. The summed E-state index contributed by atoms with van der Waals surface area (Å²) in [7, 11) is 0. The van der Waals surface area contributed by atoms with Gasteiger partial charge < -0.3 is 19.2 Å². The Kier molecular flexibility index (Phi) is 6.49. The molecule has 7 nitrogen and oxygen atoms in total. The van der Waals surface area contributed by atoms with Crippen molar-refractivity contribution in [2.75, 3.05) is 13.1 Å². The van der Waals surface area contributed by atoms with Crippen LogP contribution >= 0.6 is 0 Å². The highest BCUT2D eigenvalue weighted by Gasteiger charge is 2.31. The van der Waals surface area contributed by atoms with Crippen molar-refractivity contribution in [2.45, 2.75) is 39.2 Å². The lowest BCUT2D eigenvalue weighted by Gasteiger charge is -2.32. The molecule has 2 atom stereocenters. The lowest BCUT2D eigenvalue weighted by Crippen LogP contribution is -2.47. The van der Waals surface area contributed by atoms with Gasteiger partial charge in [-0.05, 0) is 49.4 Å². The average molecular weight is 450 g/mol. The molecule has 1 saturated heterocycles. The molecular formula is C26H27NO6. The maximum absolute atomic E-state index is 12.8. The van der Waals surface area contributed by atoms with Crippen LogP contribution in [0.3, 0.4) is 0 Å². The third-order valence-electron chi connectivity index (χ3n) is 6.15. The number of ether oxygens (including phenoxy) is 1. The van der Waals surface area contributed by atoms with Gasteiger partial charge in [0.2, 0.25) is 0 Å². The third-order valence-corrected chi connectivity index (χ3v) is 6.15. The monoisotopic (exact) mass is 449 g/mol. The van der Waals surface area contributed by atoms with Gasteiger partial charge in [0, 0.05) is 36.2 Å². The van der Waals surface area contributed by atoms with Gasteiger partial charge >= 0.3 is 11.6 Å². The van der Waals surface area contributed by atoms with Crippen LogP contribution in [0.2, 0.25) is 0 Å². The normalized spacial score (nSPS) is 17.0. The van der Waals surface area contributed by atoms with Crippen LogP contribution in [-0.4, -0.2) is 41.1 Å². The third kappa shape index (κ3) is 4.77. The van der Waals surface area contributed by atoms with Crippen LogP contribution < -0.4 is 10.4 Å². The summed E-state index contributed by atoms with van der Waals surface area (Å²) < 4.78 is 11.3. The Morgan fingerprint density at radius 1 is 1.18 bits per heavy atom. The molecule has 1 N–H and O–H groups in total. The van der Waals surface area contributed by atoms with Crippen molar-refractivity contribution >= 4 is 22.8 Å². The highest BCUT2D eigenvalue weighted by atomic mass is 16.5. The standard InChI is InChI=1S/C26H27NO6/c1-3-17-7-4-5-9-20(17)22-14-24(28)33-23-13-19(10-11-21(22)23)32-16(2)25(29)27-12-6-8-18(15-27)26(30)31/h4-5,7,9-11,13-14,16,18H,3,6,8,12,15H2,1-2H3,(H,30,31)/t16-,18+/m1/s1. The molecule has 1 aliphatic rings. The summed E-state index contributed by atoms with van der Waals surface area (Å²) in [5.41, 5.74) is 2.82. The van der Waals surface area contributed by atoms with E-state index in [4.69, 9.17) is 9.15 Å². The largest absolute Gasteiger partial charge is 0.481 e. The van der Waals surface area contributed by atoms with E-state index < -0.39 is 23.6 Å². The molecule has 172 valence electrons. The Labute approximate surface area is 191 Å². The van der Waals surface area contributed by atoms with Crippen LogP contribution in [0.15, 0.2) is 57.7 Å². The first kappa shape index (κ1) is 22.6. The number of carboxylic acids is 1. The summed E-state index contributed by atoms with van der Waals surface area (Å²) in [6.45, 7) is 4.41. The smallest absolute Gasteiger partial charge is 0.336 e. The van der Waals surface area contributed by atoms with Gasteiger partial charge in [-0.3, -0.25) is 9.59 Å². The van der Waals surface area contributed by atoms with Gasteiger partial charge in [0.1, 0.15) is 11.3 Å². The molecule has 1 amide bonds. The molecule has 0 saturated carbocycles. The minimum Gasteiger partial charge on any atom is -0.481 e. The number of benzene rings is 2. The SMILES string of the molecule is CCc1ccccc1-c1cc(=O)oc2cc(O[C@H](C)C(=O)N3CCC[C@H](C(=O)O)C3)ccc12. The molecule has 7 heteroatoms. The minimum atomic E-state index is -0.883. The topological polar surface area (TPSA) is 97.0 Å². The van der Waals surface area contributed by atoms with Crippen LogP contribution in [0.4, 0.5) is 0 Å². The molecule has 1 aliphatic heterocycles. The summed E-state index contributed by atoms with van der Waals surface area (Å²) in [6.07, 6.45) is 1.25. The van der Waals surface area contributed by atoms with Crippen LogP contribution in [-0.2, 0) is 16.0 Å². The Bertz CT molecular complexity index is 1250. The second-order valence-electron chi connectivity index (χ2n) is 8.37. The van der Waals surface area contributed by atoms with E-state index in [0.29, 0.717) is 30.7 Å². The molecule has 0 aliphatic carbocycles. The number of rotatable bonds is 6. The van der Waals surface area contributed by atoms with Gasteiger partial charge in [-0.2, -0.15) is 0 Å². The molecule has 1 aromatic heterocycles. The first-order valence-electron chi connectivity index (χ1n) is 11.2. The van der Waals surface area contributed by atoms with E-state index >= 15 is 0 Å². The highest BCUT2D eigenvalue weighted by molar-refractivity contribution is 5.94. The number of carboxylic acid groups (broad SMARTS) is 1. The zero-order valence-corrected chi connectivity index (χ0v) is 18.7. The predicted molar refractivity (Wildman–Crippen MR) is 124 cm³/mol. The van der Waals surface area contributed by atoms with Gasteiger partial charge in [0.25, 0.3) is 5.91 Å². The Morgan fingerprint density at radius 2 is 1.97 bits per heavy atom. The van der Waals surface area contributed by atoms with E-state index in [0.717, 1.165) is 28.5 Å². The van der Waals surface area contributed by atoms with Gasteiger partial charge in [0.15, 0.2) is 6.10 Å². The van der Waals surface area contributed by atoms with E-state index in [-0.39, 0.29) is 12.5 Å². The number of fused-ring (bicyclic) bond motifs is 1. The molecule has 33 heavy (non-hydrogen) atoms. The molecule has 3 aromatic rings. The number of amides is 1. The van der Waals surface area contributed by atoms with Crippen molar-refractivity contribution in [2.24, 2.45) is 5.92 Å². The summed E-state index contributed by atoms with van der Waals surface area (Å²) in [4.78, 5) is 38.0. The highest BCUT2D eigenvalue weighted by Crippen LogP contribution is 2.32. The first-order chi connectivity index (χ1) is 15.9. The number of aryl methyl sites for hydroxylation is 1. The average Bonchev–Trinajstić information content (AvgIpc) is 2.82. The first-order valence-corrected chi connectivity index (χ1v) is 11.2. The molecular weight excluding hydrogens is 422 g/mol. The Morgan fingerprint density at radius 3 is 2.73 bits per heavy atom. The minimum absolute atomic E-state index is 0.189. The lowest BCUT2D eigenvalue weighted by atomic mass is 9.96. The maximum Gasteiger partial charge on any atom is 0.336 e. The molecule has 0 radical (unpaired) electrons. The van der Waals surface area contributed by atoms with Gasteiger partial charge in [-0.15, -0.1) is 0 Å². The number of piperidine rings is 1. The van der Waals surface area contributed by atoms with Gasteiger partial charge in [-0.1, -0.05) is 31.2 Å². The second-order valence-corrected chi connectivity index (χ2v) is 8.37. The number of carbonyl (C=O) groups is 2. The number of nitrogens with zero attached hydrogens (tertiary/aromatic N) is 1. The van der Waals surface area contributed by atoms with Crippen LogP contribution in [0.5, 0.6) is 5.75 Å². The molecule has 2 aromatic carbocycles. The summed E-state index contributed by atoms with van der Waals surface area (Å²) in [6, 6.07) is 14.6. The van der Waals surface area contributed by atoms with Crippen LogP contribution in [0.1, 0.15) is 32.3 Å². The maximum atomic E-state index is 12.8. The number of aliphatic carboxylic acids is 1. The van der Waals surface area contributed by atoms with Gasteiger partial charge in [-0.25, -0.2) is 4.79 Å². The summed E-state index contributed by atoms with van der Waals surface area (Å²) in [5, 5.41) is 10.0. The van der Waals surface area contributed by atoms with Crippen molar-refractivity contribution in [1.82, 2.24) is 4.90 Å². The zero-order valence-electron chi connectivity index (χ0n) is 18.7. The predicted octanol–water partition coefficient (Wildman–Crippen LogP) is 4.11. The fourth-order valence-electron chi connectivity index (χ4n) is 4.42. The van der Waals surface area contributed by atoms with Crippen LogP contribution in [0.25, 0.3) is 22.1 Å². The van der Waals surface area contributed by atoms with E-state index in [1.165, 1.54) is 6.07 Å². The zero-order chi connectivity index (χ0) is 23.5. The molecule has 0 spiro atoms. The summed E-state index contributed by atoms with van der Waals surface area (Å²) >= 11 is 0. The molecule has 1 fully saturated rings. The number of hydrogen-bond donors (Lipinski definition) is 1. The van der Waals surface area contributed by atoms with E-state index in [9.17, 15) is 19.5 Å². The molecule has 0 bridgehead atoms. The Balaban J connectivity index is 1.59. The summed E-state index contributed by atoms with van der Waals surface area (Å²) in [5.74, 6) is -1.28. The molecule has 2 heterocycles. The van der Waals surface area contributed by atoms with E-state index in [2.05, 4.69) is 6.92 Å². The number of likely N-dealkylation sites (tertiary alicyclic amines) is 1. The number of hydrogen-bond acceptors (Lipinski definition) is 5. The van der Waals surface area contributed by atoms with Crippen molar-refractivity contribution in [3.8, 4) is 16.9 Å². The van der Waals surface area contributed by atoms with Crippen molar-refractivity contribution in [3.05, 3.63) is 64.5 Å². The van der Waals surface area contributed by atoms with Crippen molar-refractivity contribution in [3.63, 3.8) is 0 Å². The Hall–Kier alpha value is -3.61. The van der Waals surface area contributed by atoms with Crippen molar-refractivity contribution < 1.29 is 23.8 Å². The van der Waals surface area contributed by atoms with Gasteiger partial charge in [0.05, 0.1) is 5.92 Å². The van der Waals surface area contributed by atoms with E-state index in [1.807, 2.05) is 30.3 Å². The molecule has 4 rings (SSSR count). The quantitative estimate of drug-likeness (QED) is 0.569.